The Morgan fingerprint density at radius 1 is 1.43 bits per heavy atom. The van der Waals surface area contributed by atoms with Gasteiger partial charge in [0.1, 0.15) is 11.9 Å². The van der Waals surface area contributed by atoms with Crippen LogP contribution < -0.4 is 4.74 Å². The summed E-state index contributed by atoms with van der Waals surface area (Å²) in [4.78, 5) is 13.5. The maximum Gasteiger partial charge on any atom is 0.260 e. The van der Waals surface area contributed by atoms with Crippen LogP contribution in [0.5, 0.6) is 5.75 Å². The molecule has 0 aromatic heterocycles. The molecule has 0 bridgehead atoms. The van der Waals surface area contributed by atoms with Gasteiger partial charge in [-0.1, -0.05) is 11.6 Å². The Bertz CT molecular complexity index is 522. The van der Waals surface area contributed by atoms with Gasteiger partial charge in [-0.3, -0.25) is 4.79 Å². The van der Waals surface area contributed by atoms with E-state index in [1.165, 1.54) is 4.90 Å². The maximum absolute atomic E-state index is 12.1. The lowest BCUT2D eigenvalue weighted by molar-refractivity contribution is -0.136. The number of hydrogen-bond acceptors (Lipinski definition) is 4. The zero-order valence-corrected chi connectivity index (χ0v) is 12.9. The van der Waals surface area contributed by atoms with Crippen LogP contribution in [0.25, 0.3) is 0 Å². The van der Waals surface area contributed by atoms with Gasteiger partial charge in [0.25, 0.3) is 5.91 Å². The normalized spacial score (nSPS) is 24.9. The highest BCUT2D eigenvalue weighted by Crippen LogP contribution is 2.24. The van der Waals surface area contributed by atoms with Crippen molar-refractivity contribution < 1.29 is 19.7 Å². The summed E-state index contributed by atoms with van der Waals surface area (Å²) in [6, 6.07) is 4.83. The molecule has 1 fully saturated rings. The van der Waals surface area contributed by atoms with E-state index >= 15 is 0 Å². The zero-order valence-electron chi connectivity index (χ0n) is 12.1. The first kappa shape index (κ1) is 16.1. The first-order valence-electron chi connectivity index (χ1n) is 6.91. The molecule has 5 nitrogen and oxygen atoms in total. The molecule has 0 saturated heterocycles. The van der Waals surface area contributed by atoms with E-state index in [2.05, 4.69) is 0 Å². The fourth-order valence-electron chi connectivity index (χ4n) is 2.50. The van der Waals surface area contributed by atoms with Crippen LogP contribution in [0.3, 0.4) is 0 Å². The van der Waals surface area contributed by atoms with Crippen LogP contribution in [0, 0.1) is 6.92 Å². The SMILES string of the molecule is Cc1cc(OCC(=O)N(C)[C@@H]2CC[C@@H](O)[C@@H]2O)ccc1Cl. The highest BCUT2D eigenvalue weighted by Gasteiger charge is 2.37. The van der Waals surface area contributed by atoms with Gasteiger partial charge in [0, 0.05) is 12.1 Å². The predicted octanol–water partition coefficient (Wildman–Crippen LogP) is 1.37. The Hall–Kier alpha value is -1.30. The highest BCUT2D eigenvalue weighted by atomic mass is 35.5. The summed E-state index contributed by atoms with van der Waals surface area (Å²) in [6.45, 7) is 1.75. The van der Waals surface area contributed by atoms with Crippen molar-refractivity contribution in [3.8, 4) is 5.75 Å². The number of rotatable bonds is 4. The minimum absolute atomic E-state index is 0.114. The minimum Gasteiger partial charge on any atom is -0.484 e. The number of hydrogen-bond donors (Lipinski definition) is 2. The summed E-state index contributed by atoms with van der Waals surface area (Å²) in [5, 5.41) is 20.0. The van der Waals surface area contributed by atoms with Crippen LogP contribution in [0.15, 0.2) is 18.2 Å². The smallest absolute Gasteiger partial charge is 0.260 e. The van der Waals surface area contributed by atoms with Crippen molar-refractivity contribution in [1.82, 2.24) is 4.90 Å². The number of carbonyl (C=O) groups is 1. The fraction of sp³-hybridized carbons (Fsp3) is 0.533. The number of benzene rings is 1. The molecule has 21 heavy (non-hydrogen) atoms. The standard InChI is InChI=1S/C15H20ClNO4/c1-9-7-10(3-4-11(9)16)21-8-14(19)17(2)12-5-6-13(18)15(12)20/h3-4,7,12-13,15,18,20H,5-6,8H2,1-2H3/t12-,13-,15-/m1/s1. The molecule has 0 radical (unpaired) electrons. The van der Waals surface area contributed by atoms with Gasteiger partial charge in [0.15, 0.2) is 6.61 Å². The van der Waals surface area contributed by atoms with Crippen molar-refractivity contribution in [2.24, 2.45) is 0 Å². The van der Waals surface area contributed by atoms with Crippen molar-refractivity contribution in [1.29, 1.82) is 0 Å². The van der Waals surface area contributed by atoms with Gasteiger partial charge >= 0.3 is 0 Å². The number of amides is 1. The van der Waals surface area contributed by atoms with Crippen LogP contribution in [0.2, 0.25) is 5.02 Å². The quantitative estimate of drug-likeness (QED) is 0.881. The molecular formula is C15H20ClNO4. The summed E-state index contributed by atoms with van der Waals surface area (Å²) in [7, 11) is 1.62. The Morgan fingerprint density at radius 3 is 2.71 bits per heavy atom. The van der Waals surface area contributed by atoms with Crippen LogP contribution in [-0.4, -0.2) is 52.9 Å². The first-order valence-corrected chi connectivity index (χ1v) is 7.28. The van der Waals surface area contributed by atoms with Crippen molar-refractivity contribution in [2.75, 3.05) is 13.7 Å². The molecule has 1 aromatic carbocycles. The van der Waals surface area contributed by atoms with E-state index in [4.69, 9.17) is 16.3 Å². The summed E-state index contributed by atoms with van der Waals surface area (Å²) < 4.78 is 5.45. The number of halogens is 1. The number of aryl methyl sites for hydroxylation is 1. The van der Waals surface area contributed by atoms with Gasteiger partial charge in [0.2, 0.25) is 0 Å². The van der Waals surface area contributed by atoms with Gasteiger partial charge < -0.3 is 19.8 Å². The second-order valence-electron chi connectivity index (χ2n) is 5.41. The van der Waals surface area contributed by atoms with Crippen LogP contribution in [0.4, 0.5) is 0 Å². The topological polar surface area (TPSA) is 70.0 Å². The molecule has 1 aromatic rings. The van der Waals surface area contributed by atoms with Gasteiger partial charge in [-0.15, -0.1) is 0 Å². The fourth-order valence-corrected chi connectivity index (χ4v) is 2.62. The number of nitrogens with zero attached hydrogens (tertiary/aromatic N) is 1. The molecule has 1 aliphatic rings. The summed E-state index contributed by atoms with van der Waals surface area (Å²) >= 11 is 5.93. The maximum atomic E-state index is 12.1. The van der Waals surface area contributed by atoms with E-state index in [1.807, 2.05) is 6.92 Å². The third kappa shape index (κ3) is 3.67. The van der Waals surface area contributed by atoms with Gasteiger partial charge in [0.05, 0.1) is 12.1 Å². The monoisotopic (exact) mass is 313 g/mol. The highest BCUT2D eigenvalue weighted by molar-refractivity contribution is 6.31. The molecule has 2 rings (SSSR count). The van der Waals surface area contributed by atoms with E-state index in [0.29, 0.717) is 23.6 Å². The minimum atomic E-state index is -0.892. The Kier molecular flexibility index (Phi) is 5.08. The molecule has 1 aliphatic carbocycles. The lowest BCUT2D eigenvalue weighted by Crippen LogP contribution is -2.45. The first-order chi connectivity index (χ1) is 9.90. The van der Waals surface area contributed by atoms with E-state index in [0.717, 1.165) is 5.56 Å². The molecule has 0 heterocycles. The predicted molar refractivity (Wildman–Crippen MR) is 79.5 cm³/mol. The van der Waals surface area contributed by atoms with Crippen LogP contribution in [0.1, 0.15) is 18.4 Å². The van der Waals surface area contributed by atoms with Crippen molar-refractivity contribution in [3.63, 3.8) is 0 Å². The van der Waals surface area contributed by atoms with Crippen LogP contribution >= 0.6 is 11.6 Å². The summed E-state index contributed by atoms with van der Waals surface area (Å²) in [6.07, 6.45) is -0.562. The second kappa shape index (κ2) is 6.64. The number of aliphatic hydroxyl groups excluding tert-OH is 2. The number of likely N-dealkylation sites (N-methyl/N-ethyl adjacent to an activating group) is 1. The zero-order chi connectivity index (χ0) is 15.6. The average molecular weight is 314 g/mol. The lowest BCUT2D eigenvalue weighted by atomic mass is 10.2. The van der Waals surface area contributed by atoms with Crippen molar-refractivity contribution in [3.05, 3.63) is 28.8 Å². The molecule has 1 amide bonds. The largest absolute Gasteiger partial charge is 0.484 e. The number of carbonyl (C=O) groups excluding carboxylic acids is 1. The molecular weight excluding hydrogens is 294 g/mol. The number of ether oxygens (including phenoxy) is 1. The van der Waals surface area contributed by atoms with E-state index in [9.17, 15) is 15.0 Å². The summed E-state index contributed by atoms with van der Waals surface area (Å²) in [5.41, 5.74) is 0.879. The lowest BCUT2D eigenvalue weighted by Gasteiger charge is -2.27. The molecule has 0 aliphatic heterocycles. The Balaban J connectivity index is 1.90. The van der Waals surface area contributed by atoms with Gasteiger partial charge in [-0.25, -0.2) is 0 Å². The second-order valence-corrected chi connectivity index (χ2v) is 5.81. The third-order valence-corrected chi connectivity index (χ3v) is 4.35. The van der Waals surface area contributed by atoms with Crippen molar-refractivity contribution in [2.45, 2.75) is 38.0 Å². The molecule has 1 saturated carbocycles. The molecule has 6 heteroatoms. The molecule has 3 atom stereocenters. The Labute approximate surface area is 129 Å². The molecule has 116 valence electrons. The van der Waals surface area contributed by atoms with Gasteiger partial charge in [-0.2, -0.15) is 0 Å². The van der Waals surface area contributed by atoms with Gasteiger partial charge in [-0.05, 0) is 43.5 Å². The number of aliphatic hydroxyl groups is 2. The van der Waals surface area contributed by atoms with E-state index < -0.39 is 12.2 Å². The van der Waals surface area contributed by atoms with Crippen LogP contribution in [-0.2, 0) is 4.79 Å². The van der Waals surface area contributed by atoms with E-state index in [1.54, 1.807) is 25.2 Å². The average Bonchev–Trinajstić information content (AvgIpc) is 2.79. The van der Waals surface area contributed by atoms with Crippen molar-refractivity contribution >= 4 is 17.5 Å². The Morgan fingerprint density at radius 2 is 2.14 bits per heavy atom. The van der Waals surface area contributed by atoms with E-state index in [-0.39, 0.29) is 18.6 Å². The molecule has 0 spiro atoms. The third-order valence-electron chi connectivity index (χ3n) is 3.93. The molecule has 0 unspecified atom stereocenters. The summed E-state index contributed by atoms with van der Waals surface area (Å²) in [5.74, 6) is 0.339. The molecule has 2 N–H and O–H groups in total.